The van der Waals surface area contributed by atoms with Crippen molar-refractivity contribution in [3.8, 4) is 0 Å². The van der Waals surface area contributed by atoms with E-state index in [0.717, 1.165) is 37.4 Å². The Labute approximate surface area is 101 Å². The Kier molecular flexibility index (Phi) is 3.77. The van der Waals surface area contributed by atoms with Crippen LogP contribution in [0.4, 0.5) is 5.69 Å². The maximum atomic E-state index is 11.8. The molecular formula is C13H17N3O. The van der Waals surface area contributed by atoms with Crippen LogP contribution in [0.25, 0.3) is 6.08 Å². The topological polar surface area (TPSA) is 58.4 Å². The van der Waals surface area contributed by atoms with Crippen molar-refractivity contribution in [2.45, 2.75) is 0 Å². The standard InChI is InChI=1S/C13H17N3O/c14-12-4-1-11(2-5-12)3-6-13(17)16-9-7-15-8-10-16/h1-6,15H,7-10,14H2/b6-3+. The second-order valence-corrected chi connectivity index (χ2v) is 4.08. The van der Waals surface area contributed by atoms with Crippen LogP contribution < -0.4 is 11.1 Å². The van der Waals surface area contributed by atoms with Crippen LogP contribution in [0.2, 0.25) is 0 Å². The van der Waals surface area contributed by atoms with E-state index in [1.165, 1.54) is 0 Å². The molecule has 1 aliphatic rings. The molecule has 0 radical (unpaired) electrons. The van der Waals surface area contributed by atoms with Gasteiger partial charge in [-0.25, -0.2) is 0 Å². The molecule has 1 aromatic rings. The van der Waals surface area contributed by atoms with Gasteiger partial charge in [0.05, 0.1) is 0 Å². The van der Waals surface area contributed by atoms with E-state index in [2.05, 4.69) is 5.32 Å². The number of hydrogen-bond donors (Lipinski definition) is 2. The number of carbonyl (C=O) groups is 1. The average Bonchev–Trinajstić information content (AvgIpc) is 2.39. The van der Waals surface area contributed by atoms with Gasteiger partial charge < -0.3 is 16.0 Å². The van der Waals surface area contributed by atoms with E-state index in [0.29, 0.717) is 0 Å². The average molecular weight is 231 g/mol. The number of anilines is 1. The summed E-state index contributed by atoms with van der Waals surface area (Å²) in [5.74, 6) is 0.0725. The molecule has 90 valence electrons. The first-order chi connectivity index (χ1) is 8.25. The Hall–Kier alpha value is -1.81. The van der Waals surface area contributed by atoms with Crippen LogP contribution in [0, 0.1) is 0 Å². The van der Waals surface area contributed by atoms with Crippen molar-refractivity contribution in [2.75, 3.05) is 31.9 Å². The number of rotatable bonds is 2. The Morgan fingerprint density at radius 1 is 1.24 bits per heavy atom. The first-order valence-electron chi connectivity index (χ1n) is 5.79. The molecule has 1 heterocycles. The first-order valence-corrected chi connectivity index (χ1v) is 5.79. The smallest absolute Gasteiger partial charge is 0.246 e. The molecule has 17 heavy (non-hydrogen) atoms. The maximum absolute atomic E-state index is 11.8. The monoisotopic (exact) mass is 231 g/mol. The third kappa shape index (κ3) is 3.32. The number of piperazine rings is 1. The summed E-state index contributed by atoms with van der Waals surface area (Å²) < 4.78 is 0. The summed E-state index contributed by atoms with van der Waals surface area (Å²) in [6.07, 6.45) is 3.45. The fourth-order valence-electron chi connectivity index (χ4n) is 1.77. The molecule has 0 aromatic heterocycles. The van der Waals surface area contributed by atoms with Crippen molar-refractivity contribution < 1.29 is 4.79 Å². The molecule has 2 rings (SSSR count). The van der Waals surface area contributed by atoms with Gasteiger partial charge in [-0.05, 0) is 23.8 Å². The third-order valence-corrected chi connectivity index (χ3v) is 2.78. The number of nitrogens with zero attached hydrogens (tertiary/aromatic N) is 1. The highest BCUT2D eigenvalue weighted by molar-refractivity contribution is 5.91. The van der Waals surface area contributed by atoms with Gasteiger partial charge in [0.25, 0.3) is 0 Å². The van der Waals surface area contributed by atoms with E-state index in [1.807, 2.05) is 35.2 Å². The summed E-state index contributed by atoms with van der Waals surface area (Å²) in [6.45, 7) is 3.32. The zero-order valence-corrected chi connectivity index (χ0v) is 9.73. The van der Waals surface area contributed by atoms with Crippen LogP contribution in [0.1, 0.15) is 5.56 Å². The minimum atomic E-state index is 0.0725. The summed E-state index contributed by atoms with van der Waals surface area (Å²) in [5.41, 5.74) is 7.31. The number of nitrogens with two attached hydrogens (primary N) is 1. The van der Waals surface area contributed by atoms with E-state index in [1.54, 1.807) is 6.08 Å². The largest absolute Gasteiger partial charge is 0.399 e. The van der Waals surface area contributed by atoms with Crippen molar-refractivity contribution in [1.29, 1.82) is 0 Å². The second-order valence-electron chi connectivity index (χ2n) is 4.08. The van der Waals surface area contributed by atoms with Gasteiger partial charge in [0.1, 0.15) is 0 Å². The summed E-state index contributed by atoms with van der Waals surface area (Å²) >= 11 is 0. The summed E-state index contributed by atoms with van der Waals surface area (Å²) in [5, 5.41) is 3.22. The summed E-state index contributed by atoms with van der Waals surface area (Å²) in [7, 11) is 0. The maximum Gasteiger partial charge on any atom is 0.246 e. The highest BCUT2D eigenvalue weighted by Crippen LogP contribution is 2.07. The number of hydrogen-bond acceptors (Lipinski definition) is 3. The van der Waals surface area contributed by atoms with Crippen LogP contribution in [0.15, 0.2) is 30.3 Å². The molecule has 1 aliphatic heterocycles. The van der Waals surface area contributed by atoms with Crippen molar-refractivity contribution in [3.63, 3.8) is 0 Å². The first kappa shape index (κ1) is 11.7. The van der Waals surface area contributed by atoms with Gasteiger partial charge in [-0.2, -0.15) is 0 Å². The summed E-state index contributed by atoms with van der Waals surface area (Å²) in [6, 6.07) is 7.46. The highest BCUT2D eigenvalue weighted by atomic mass is 16.2. The molecule has 0 bridgehead atoms. The van der Waals surface area contributed by atoms with Crippen molar-refractivity contribution >= 4 is 17.7 Å². The van der Waals surface area contributed by atoms with Gasteiger partial charge in [-0.3, -0.25) is 4.79 Å². The summed E-state index contributed by atoms with van der Waals surface area (Å²) in [4.78, 5) is 13.7. The zero-order chi connectivity index (χ0) is 12.1. The quantitative estimate of drug-likeness (QED) is 0.582. The van der Waals surface area contributed by atoms with E-state index in [4.69, 9.17) is 5.73 Å². The van der Waals surface area contributed by atoms with Crippen LogP contribution in [0.5, 0.6) is 0 Å². The van der Waals surface area contributed by atoms with Crippen LogP contribution in [0.3, 0.4) is 0 Å². The number of benzene rings is 1. The van der Waals surface area contributed by atoms with Gasteiger partial charge in [0.2, 0.25) is 5.91 Å². The van der Waals surface area contributed by atoms with E-state index in [9.17, 15) is 4.79 Å². The fourth-order valence-corrected chi connectivity index (χ4v) is 1.77. The molecule has 0 unspecified atom stereocenters. The van der Waals surface area contributed by atoms with Crippen molar-refractivity contribution in [2.24, 2.45) is 0 Å². The Bertz CT molecular complexity index is 405. The SMILES string of the molecule is Nc1ccc(/C=C/C(=O)N2CCNCC2)cc1. The molecule has 0 aliphatic carbocycles. The van der Waals surface area contributed by atoms with Crippen LogP contribution in [-0.2, 0) is 4.79 Å². The van der Waals surface area contributed by atoms with Gasteiger partial charge in [0, 0.05) is 37.9 Å². The minimum Gasteiger partial charge on any atom is -0.399 e. The number of carbonyl (C=O) groups excluding carboxylic acids is 1. The Morgan fingerprint density at radius 3 is 2.53 bits per heavy atom. The normalized spacial score (nSPS) is 16.4. The van der Waals surface area contributed by atoms with Crippen molar-refractivity contribution in [3.05, 3.63) is 35.9 Å². The lowest BCUT2D eigenvalue weighted by atomic mass is 10.2. The van der Waals surface area contributed by atoms with Crippen molar-refractivity contribution in [1.82, 2.24) is 10.2 Å². The second kappa shape index (κ2) is 5.50. The molecule has 0 saturated carbocycles. The molecule has 3 N–H and O–H groups in total. The minimum absolute atomic E-state index is 0.0725. The molecule has 1 aromatic carbocycles. The predicted octanol–water partition coefficient (Wildman–Crippen LogP) is 0.714. The molecule has 1 saturated heterocycles. The highest BCUT2D eigenvalue weighted by Gasteiger charge is 2.12. The lowest BCUT2D eigenvalue weighted by molar-refractivity contribution is -0.126. The molecule has 1 amide bonds. The van der Waals surface area contributed by atoms with Gasteiger partial charge >= 0.3 is 0 Å². The lowest BCUT2D eigenvalue weighted by Crippen LogP contribution is -2.45. The number of amides is 1. The molecule has 4 heteroatoms. The van der Waals surface area contributed by atoms with Crippen LogP contribution in [-0.4, -0.2) is 37.0 Å². The van der Waals surface area contributed by atoms with Gasteiger partial charge in [-0.15, -0.1) is 0 Å². The Balaban J connectivity index is 1.95. The Morgan fingerprint density at radius 2 is 1.88 bits per heavy atom. The van der Waals surface area contributed by atoms with Gasteiger partial charge in [-0.1, -0.05) is 12.1 Å². The predicted molar refractivity (Wildman–Crippen MR) is 69.3 cm³/mol. The van der Waals surface area contributed by atoms with E-state index < -0.39 is 0 Å². The molecular weight excluding hydrogens is 214 g/mol. The molecule has 4 nitrogen and oxygen atoms in total. The molecule has 1 fully saturated rings. The lowest BCUT2D eigenvalue weighted by Gasteiger charge is -2.26. The van der Waals surface area contributed by atoms with Crippen LogP contribution >= 0.6 is 0 Å². The third-order valence-electron chi connectivity index (χ3n) is 2.78. The fraction of sp³-hybridized carbons (Fsp3) is 0.308. The van der Waals surface area contributed by atoms with Gasteiger partial charge in [0.15, 0.2) is 0 Å². The number of nitrogens with one attached hydrogen (secondary N) is 1. The molecule has 0 atom stereocenters. The van der Waals surface area contributed by atoms with E-state index >= 15 is 0 Å². The zero-order valence-electron chi connectivity index (χ0n) is 9.73. The number of nitrogen functional groups attached to an aromatic ring is 1. The van der Waals surface area contributed by atoms with E-state index in [-0.39, 0.29) is 5.91 Å². The molecule has 0 spiro atoms.